The van der Waals surface area contributed by atoms with Crippen LogP contribution < -0.4 is 10.6 Å². The van der Waals surface area contributed by atoms with Crippen LogP contribution >= 0.6 is 24.0 Å². The van der Waals surface area contributed by atoms with Crippen LogP contribution in [0.15, 0.2) is 35.3 Å². The minimum atomic E-state index is 0. The standard InChI is InChI=1S/C24H41N5O2.HI/c1-4-25-24(26-13-17-28(2)14-8-18-31-3)27-20-23(30)29-15-11-22(12-16-29)19-21-9-6-5-7-10-21;/h5-7,9-10,22H,4,8,11-20H2,1-3H3,(H2,25,26,27);1H. The minimum Gasteiger partial charge on any atom is -0.385 e. The lowest BCUT2D eigenvalue weighted by atomic mass is 9.90. The van der Waals surface area contributed by atoms with Gasteiger partial charge in [0.1, 0.15) is 6.54 Å². The van der Waals surface area contributed by atoms with Gasteiger partial charge in [-0.15, -0.1) is 24.0 Å². The predicted octanol–water partition coefficient (Wildman–Crippen LogP) is 2.61. The molecular formula is C24H42IN5O2. The van der Waals surface area contributed by atoms with Gasteiger partial charge in [-0.25, -0.2) is 4.99 Å². The molecule has 0 radical (unpaired) electrons. The number of amides is 1. The highest BCUT2D eigenvalue weighted by molar-refractivity contribution is 14.0. The summed E-state index contributed by atoms with van der Waals surface area (Å²) in [6.07, 6.45) is 4.27. The van der Waals surface area contributed by atoms with Crippen molar-refractivity contribution >= 4 is 35.8 Å². The number of guanidine groups is 1. The van der Waals surface area contributed by atoms with E-state index in [4.69, 9.17) is 4.74 Å². The van der Waals surface area contributed by atoms with Crippen molar-refractivity contribution in [2.75, 3.05) is 66.6 Å². The Morgan fingerprint density at radius 1 is 1.19 bits per heavy atom. The van der Waals surface area contributed by atoms with E-state index in [1.165, 1.54) is 5.56 Å². The Bertz CT molecular complexity index is 651. The van der Waals surface area contributed by atoms with E-state index in [0.717, 1.165) is 71.6 Å². The number of hydrogen-bond acceptors (Lipinski definition) is 4. The third-order valence-corrected chi connectivity index (χ3v) is 5.73. The molecule has 8 heteroatoms. The Morgan fingerprint density at radius 3 is 2.56 bits per heavy atom. The van der Waals surface area contributed by atoms with E-state index in [0.29, 0.717) is 11.9 Å². The quantitative estimate of drug-likeness (QED) is 0.179. The largest absolute Gasteiger partial charge is 0.385 e. The Kier molecular flexibility index (Phi) is 15.3. The zero-order valence-electron chi connectivity index (χ0n) is 20.0. The Hall–Kier alpha value is -1.39. The average Bonchev–Trinajstić information content (AvgIpc) is 2.78. The summed E-state index contributed by atoms with van der Waals surface area (Å²) in [5.41, 5.74) is 1.39. The van der Waals surface area contributed by atoms with Gasteiger partial charge >= 0.3 is 0 Å². The Balaban J connectivity index is 0.00000512. The smallest absolute Gasteiger partial charge is 0.244 e. The van der Waals surface area contributed by atoms with Crippen LogP contribution in [0, 0.1) is 5.92 Å². The van der Waals surface area contributed by atoms with Crippen LogP contribution in [-0.4, -0.2) is 88.2 Å². The number of carbonyl (C=O) groups is 1. The topological polar surface area (TPSA) is 69.2 Å². The fourth-order valence-corrected chi connectivity index (χ4v) is 3.88. The number of nitrogens with zero attached hydrogens (tertiary/aromatic N) is 3. The second-order valence-corrected chi connectivity index (χ2v) is 8.29. The molecule has 0 bridgehead atoms. The molecule has 7 nitrogen and oxygen atoms in total. The van der Waals surface area contributed by atoms with E-state index < -0.39 is 0 Å². The molecule has 182 valence electrons. The van der Waals surface area contributed by atoms with Crippen molar-refractivity contribution in [3.8, 4) is 0 Å². The lowest BCUT2D eigenvalue weighted by molar-refractivity contribution is -0.130. The summed E-state index contributed by atoms with van der Waals surface area (Å²) in [4.78, 5) is 21.4. The van der Waals surface area contributed by atoms with Crippen LogP contribution in [0.1, 0.15) is 31.7 Å². The van der Waals surface area contributed by atoms with Crippen molar-refractivity contribution < 1.29 is 9.53 Å². The number of benzene rings is 1. The number of likely N-dealkylation sites (N-methyl/N-ethyl adjacent to an activating group) is 1. The van der Waals surface area contributed by atoms with Gasteiger partial charge in [0.2, 0.25) is 5.91 Å². The molecule has 1 heterocycles. The van der Waals surface area contributed by atoms with Gasteiger partial charge in [0.15, 0.2) is 5.96 Å². The van der Waals surface area contributed by atoms with Crippen LogP contribution in [0.5, 0.6) is 0 Å². The van der Waals surface area contributed by atoms with Crippen molar-refractivity contribution in [1.82, 2.24) is 20.4 Å². The van der Waals surface area contributed by atoms with Crippen LogP contribution in [0.3, 0.4) is 0 Å². The van der Waals surface area contributed by atoms with Crippen LogP contribution in [0.4, 0.5) is 0 Å². The zero-order chi connectivity index (χ0) is 22.3. The van der Waals surface area contributed by atoms with E-state index in [1.807, 2.05) is 11.8 Å². The fourth-order valence-electron chi connectivity index (χ4n) is 3.88. The number of likely N-dealkylation sites (tertiary alicyclic amines) is 1. The number of methoxy groups -OCH3 is 1. The maximum atomic E-state index is 12.6. The summed E-state index contributed by atoms with van der Waals surface area (Å²) in [6, 6.07) is 10.6. The minimum absolute atomic E-state index is 0. The molecule has 0 aromatic heterocycles. The molecule has 2 N–H and O–H groups in total. The lowest BCUT2D eigenvalue weighted by Crippen LogP contribution is -2.43. The number of ether oxygens (including phenoxy) is 1. The molecule has 0 aliphatic carbocycles. The van der Waals surface area contributed by atoms with E-state index in [2.05, 4.69) is 57.9 Å². The molecular weight excluding hydrogens is 517 g/mol. The number of rotatable bonds is 12. The molecule has 1 aliphatic heterocycles. The molecule has 1 fully saturated rings. The van der Waals surface area contributed by atoms with Crippen molar-refractivity contribution in [2.45, 2.75) is 32.6 Å². The number of nitrogens with one attached hydrogen (secondary N) is 2. The van der Waals surface area contributed by atoms with Crippen molar-refractivity contribution in [3.05, 3.63) is 35.9 Å². The van der Waals surface area contributed by atoms with Crippen molar-refractivity contribution in [1.29, 1.82) is 0 Å². The Labute approximate surface area is 211 Å². The van der Waals surface area contributed by atoms with Crippen LogP contribution in [0.25, 0.3) is 0 Å². The van der Waals surface area contributed by atoms with Gasteiger partial charge in [-0.05, 0) is 51.1 Å². The molecule has 1 aliphatic rings. The summed E-state index contributed by atoms with van der Waals surface area (Å²) in [7, 11) is 3.83. The lowest BCUT2D eigenvalue weighted by Gasteiger charge is -2.32. The summed E-state index contributed by atoms with van der Waals surface area (Å²) in [5, 5.41) is 6.56. The number of hydrogen-bond donors (Lipinski definition) is 2. The number of halogens is 1. The number of piperidine rings is 1. The average molecular weight is 560 g/mol. The second-order valence-electron chi connectivity index (χ2n) is 8.29. The molecule has 1 amide bonds. The van der Waals surface area contributed by atoms with E-state index >= 15 is 0 Å². The maximum Gasteiger partial charge on any atom is 0.244 e. The number of carbonyl (C=O) groups excluding carboxylic acids is 1. The maximum absolute atomic E-state index is 12.6. The van der Waals surface area contributed by atoms with Gasteiger partial charge in [0, 0.05) is 53.0 Å². The third-order valence-electron chi connectivity index (χ3n) is 5.73. The van der Waals surface area contributed by atoms with Gasteiger partial charge in [0.25, 0.3) is 0 Å². The molecule has 2 rings (SSSR count). The zero-order valence-corrected chi connectivity index (χ0v) is 22.3. The molecule has 0 atom stereocenters. The summed E-state index contributed by atoms with van der Waals surface area (Å²) >= 11 is 0. The molecule has 1 aromatic carbocycles. The van der Waals surface area contributed by atoms with Gasteiger partial charge in [-0.3, -0.25) is 4.79 Å². The highest BCUT2D eigenvalue weighted by Crippen LogP contribution is 2.21. The summed E-state index contributed by atoms with van der Waals surface area (Å²) in [6.45, 7) is 8.16. The monoisotopic (exact) mass is 559 g/mol. The van der Waals surface area contributed by atoms with E-state index in [-0.39, 0.29) is 36.4 Å². The molecule has 0 spiro atoms. The summed E-state index contributed by atoms with van der Waals surface area (Å²) < 4.78 is 5.10. The first kappa shape index (κ1) is 28.6. The van der Waals surface area contributed by atoms with Crippen LogP contribution in [-0.2, 0) is 16.0 Å². The SMILES string of the molecule is CCNC(=NCC(=O)N1CCC(Cc2ccccc2)CC1)NCCN(C)CCCOC.I. The molecule has 1 aromatic rings. The van der Waals surface area contributed by atoms with Crippen molar-refractivity contribution in [2.24, 2.45) is 10.9 Å². The highest BCUT2D eigenvalue weighted by Gasteiger charge is 2.22. The highest BCUT2D eigenvalue weighted by atomic mass is 127. The van der Waals surface area contributed by atoms with E-state index in [9.17, 15) is 4.79 Å². The third kappa shape index (κ3) is 11.5. The van der Waals surface area contributed by atoms with E-state index in [1.54, 1.807) is 7.11 Å². The first-order chi connectivity index (χ1) is 15.1. The van der Waals surface area contributed by atoms with Gasteiger partial charge in [-0.2, -0.15) is 0 Å². The normalized spacial score (nSPS) is 14.9. The van der Waals surface area contributed by atoms with Gasteiger partial charge < -0.3 is 25.2 Å². The van der Waals surface area contributed by atoms with Crippen LogP contribution in [0.2, 0.25) is 0 Å². The van der Waals surface area contributed by atoms with Gasteiger partial charge in [-0.1, -0.05) is 30.3 Å². The fraction of sp³-hybridized carbons (Fsp3) is 0.667. The number of aliphatic imine (C=N–C) groups is 1. The first-order valence-electron chi connectivity index (χ1n) is 11.6. The molecule has 0 unspecified atom stereocenters. The van der Waals surface area contributed by atoms with Gasteiger partial charge in [0.05, 0.1) is 0 Å². The molecule has 32 heavy (non-hydrogen) atoms. The predicted molar refractivity (Wildman–Crippen MR) is 143 cm³/mol. The summed E-state index contributed by atoms with van der Waals surface area (Å²) in [5.74, 6) is 1.49. The Morgan fingerprint density at radius 2 is 1.91 bits per heavy atom. The molecule has 0 saturated carbocycles. The molecule has 1 saturated heterocycles. The first-order valence-corrected chi connectivity index (χ1v) is 11.6. The second kappa shape index (κ2) is 17.1. The van der Waals surface area contributed by atoms with Crippen molar-refractivity contribution in [3.63, 3.8) is 0 Å².